The number of hydrogen-bond acceptors (Lipinski definition) is 2. The number of rotatable bonds is 3. The summed E-state index contributed by atoms with van der Waals surface area (Å²) < 4.78 is 2.35. The average molecular weight is 310 g/mol. The Labute approximate surface area is 134 Å². The molecule has 0 saturated carbocycles. The topological polar surface area (TPSA) is 17.8 Å². The Morgan fingerprint density at radius 2 is 1.48 bits per heavy atom. The van der Waals surface area contributed by atoms with Crippen molar-refractivity contribution >= 4 is 29.2 Å². The van der Waals surface area contributed by atoms with Crippen molar-refractivity contribution in [3.63, 3.8) is 0 Å². The van der Waals surface area contributed by atoms with Crippen LogP contribution in [0, 0.1) is 0 Å². The van der Waals surface area contributed by atoms with Crippen LogP contribution in [0.25, 0.3) is 0 Å². The molecule has 2 nitrogen and oxygen atoms in total. The van der Waals surface area contributed by atoms with Crippen molar-refractivity contribution in [2.75, 3.05) is 0 Å². The lowest BCUT2D eigenvalue weighted by molar-refractivity contribution is 0.852. The van der Waals surface area contributed by atoms with E-state index < -0.39 is 0 Å². The number of imidazole rings is 1. The molecule has 2 aromatic carbocycles. The highest BCUT2D eigenvalue weighted by Gasteiger charge is 2.21. The van der Waals surface area contributed by atoms with Gasteiger partial charge in [0.15, 0.2) is 0 Å². The molecule has 104 valence electrons. The smallest absolute Gasteiger partial charge is 0.142 e. The molecule has 0 aliphatic rings. The van der Waals surface area contributed by atoms with Crippen LogP contribution >= 0.6 is 24.8 Å². The molecule has 3 rings (SSSR count). The van der Waals surface area contributed by atoms with Gasteiger partial charge in [0.2, 0.25) is 0 Å². The quantitative estimate of drug-likeness (QED) is 0.579. The third kappa shape index (κ3) is 2.91. The molecule has 0 radical (unpaired) electrons. The Bertz CT molecular complexity index is 696. The second-order valence-corrected chi connectivity index (χ2v) is 5.81. The molecule has 1 aromatic heterocycles. The van der Waals surface area contributed by atoms with Crippen LogP contribution in [0.5, 0.6) is 0 Å². The first kappa shape index (κ1) is 14.0. The fraction of sp³-hybridized carbons (Fsp3) is 0.0588. The fourth-order valence-corrected chi connectivity index (χ4v) is 2.80. The van der Waals surface area contributed by atoms with E-state index in [1.54, 1.807) is 6.20 Å². The number of aromatic nitrogens is 2. The Morgan fingerprint density at radius 3 is 1.95 bits per heavy atom. The van der Waals surface area contributed by atoms with Crippen molar-refractivity contribution in [2.45, 2.75) is 5.92 Å². The first-order valence-electron chi connectivity index (χ1n) is 6.64. The molecule has 1 heterocycles. The SMILES string of the molecule is S=C(S)n1ccnc1C(c1ccccc1)c1ccccc1. The molecular formula is C17H14N2S2. The van der Waals surface area contributed by atoms with Crippen LogP contribution in [0.15, 0.2) is 73.1 Å². The Balaban J connectivity index is 2.18. The Morgan fingerprint density at radius 1 is 0.952 bits per heavy atom. The van der Waals surface area contributed by atoms with E-state index in [2.05, 4.69) is 41.9 Å². The first-order chi connectivity index (χ1) is 10.3. The minimum Gasteiger partial charge on any atom is -0.288 e. The van der Waals surface area contributed by atoms with Gasteiger partial charge in [0.25, 0.3) is 0 Å². The van der Waals surface area contributed by atoms with Crippen molar-refractivity contribution in [1.29, 1.82) is 0 Å². The molecule has 0 saturated heterocycles. The zero-order chi connectivity index (χ0) is 14.7. The third-order valence-electron chi connectivity index (χ3n) is 3.40. The fourth-order valence-electron chi connectivity index (χ4n) is 2.47. The largest absolute Gasteiger partial charge is 0.288 e. The lowest BCUT2D eigenvalue weighted by Crippen LogP contribution is -2.13. The van der Waals surface area contributed by atoms with Crippen LogP contribution in [0.2, 0.25) is 0 Å². The van der Waals surface area contributed by atoms with E-state index in [9.17, 15) is 0 Å². The first-order valence-corrected chi connectivity index (χ1v) is 7.49. The summed E-state index contributed by atoms with van der Waals surface area (Å²) in [7, 11) is 0. The normalized spacial score (nSPS) is 10.8. The van der Waals surface area contributed by atoms with Gasteiger partial charge in [-0.1, -0.05) is 72.9 Å². The maximum absolute atomic E-state index is 5.21. The van der Waals surface area contributed by atoms with Gasteiger partial charge in [0.1, 0.15) is 10.1 Å². The molecule has 0 aliphatic carbocycles. The van der Waals surface area contributed by atoms with Gasteiger partial charge in [-0.25, -0.2) is 4.98 Å². The molecule has 0 N–H and O–H groups in total. The zero-order valence-electron chi connectivity index (χ0n) is 11.3. The van der Waals surface area contributed by atoms with E-state index in [1.165, 1.54) is 11.1 Å². The monoisotopic (exact) mass is 310 g/mol. The summed E-state index contributed by atoms with van der Waals surface area (Å²) in [4.78, 5) is 4.52. The molecule has 0 atom stereocenters. The summed E-state index contributed by atoms with van der Waals surface area (Å²) in [5, 5.41) is 0. The van der Waals surface area contributed by atoms with Crippen molar-refractivity contribution < 1.29 is 0 Å². The number of hydrogen-bond donors (Lipinski definition) is 1. The summed E-state index contributed by atoms with van der Waals surface area (Å²) in [5.41, 5.74) is 2.36. The zero-order valence-corrected chi connectivity index (χ0v) is 13.0. The second kappa shape index (κ2) is 6.24. The van der Waals surface area contributed by atoms with Gasteiger partial charge >= 0.3 is 0 Å². The third-order valence-corrected chi connectivity index (χ3v) is 3.81. The predicted molar refractivity (Wildman–Crippen MR) is 93.0 cm³/mol. The second-order valence-electron chi connectivity index (χ2n) is 4.69. The highest BCUT2D eigenvalue weighted by atomic mass is 32.1. The summed E-state index contributed by atoms with van der Waals surface area (Å²) in [6, 6.07) is 20.6. The maximum atomic E-state index is 5.21. The highest BCUT2D eigenvalue weighted by Crippen LogP contribution is 2.30. The van der Waals surface area contributed by atoms with Crippen molar-refractivity contribution in [2.24, 2.45) is 0 Å². The van der Waals surface area contributed by atoms with E-state index in [1.807, 2.05) is 47.2 Å². The standard InChI is InChI=1S/C17H14N2S2/c20-17(21)19-12-11-18-16(19)15(13-7-3-1-4-8-13)14-9-5-2-6-10-14/h1-12,15H,(H,20,21). The molecule has 4 heteroatoms. The number of benzene rings is 2. The van der Waals surface area contributed by atoms with Crippen molar-refractivity contribution in [1.82, 2.24) is 9.55 Å². The lowest BCUT2D eigenvalue weighted by atomic mass is 9.90. The van der Waals surface area contributed by atoms with Crippen LogP contribution in [0.4, 0.5) is 0 Å². The summed E-state index contributed by atoms with van der Waals surface area (Å²) in [6.07, 6.45) is 3.61. The Hall–Kier alpha value is -1.91. The van der Waals surface area contributed by atoms with Gasteiger partial charge in [-0.15, -0.1) is 12.6 Å². The van der Waals surface area contributed by atoms with Gasteiger partial charge in [0, 0.05) is 12.4 Å². The summed E-state index contributed by atoms with van der Waals surface area (Å²) >= 11 is 9.51. The van der Waals surface area contributed by atoms with Gasteiger partial charge in [-0.05, 0) is 11.1 Å². The van der Waals surface area contributed by atoms with Crippen molar-refractivity contribution in [3.05, 3.63) is 90.0 Å². The van der Waals surface area contributed by atoms with Gasteiger partial charge in [-0.3, -0.25) is 4.57 Å². The molecule has 3 aromatic rings. The number of thiocarbonyl (C=S) groups is 1. The molecule has 0 fully saturated rings. The molecular weight excluding hydrogens is 296 g/mol. The summed E-state index contributed by atoms with van der Waals surface area (Å²) in [5.74, 6) is 0.917. The average Bonchev–Trinajstić information content (AvgIpc) is 2.99. The van der Waals surface area contributed by atoms with Gasteiger partial charge in [-0.2, -0.15) is 0 Å². The van der Waals surface area contributed by atoms with Crippen LogP contribution in [0.3, 0.4) is 0 Å². The van der Waals surface area contributed by atoms with Crippen molar-refractivity contribution in [3.8, 4) is 0 Å². The van der Waals surface area contributed by atoms with E-state index in [4.69, 9.17) is 12.2 Å². The minimum atomic E-state index is 0.0347. The van der Waals surface area contributed by atoms with E-state index in [0.717, 1.165) is 5.82 Å². The van der Waals surface area contributed by atoms with Crippen LogP contribution in [-0.4, -0.2) is 13.9 Å². The predicted octanol–water partition coefficient (Wildman–Crippen LogP) is 4.13. The highest BCUT2D eigenvalue weighted by molar-refractivity contribution is 8.11. The van der Waals surface area contributed by atoms with Crippen LogP contribution in [0.1, 0.15) is 22.9 Å². The maximum Gasteiger partial charge on any atom is 0.142 e. The van der Waals surface area contributed by atoms with E-state index >= 15 is 0 Å². The van der Waals surface area contributed by atoms with Crippen LogP contribution in [-0.2, 0) is 0 Å². The van der Waals surface area contributed by atoms with Gasteiger partial charge < -0.3 is 0 Å². The lowest BCUT2D eigenvalue weighted by Gasteiger charge is -2.18. The molecule has 21 heavy (non-hydrogen) atoms. The minimum absolute atomic E-state index is 0.0347. The molecule has 0 bridgehead atoms. The summed E-state index contributed by atoms with van der Waals surface area (Å²) in [6.45, 7) is 0. The number of thiol groups is 1. The van der Waals surface area contributed by atoms with Gasteiger partial charge in [0.05, 0.1) is 5.92 Å². The molecule has 0 aliphatic heterocycles. The molecule has 0 spiro atoms. The van der Waals surface area contributed by atoms with E-state index in [0.29, 0.717) is 4.32 Å². The van der Waals surface area contributed by atoms with E-state index in [-0.39, 0.29) is 5.92 Å². The molecule has 0 unspecified atom stereocenters. The van der Waals surface area contributed by atoms with Crippen LogP contribution < -0.4 is 0 Å². The molecule has 0 amide bonds. The Kier molecular flexibility index (Phi) is 4.18. The number of nitrogens with zero attached hydrogens (tertiary/aromatic N) is 2.